The molecule has 3 N–H and O–H groups in total. The lowest BCUT2D eigenvalue weighted by molar-refractivity contribution is -0.414. The molecule has 0 aromatic heterocycles. The molecule has 0 aliphatic carbocycles. The van der Waals surface area contributed by atoms with Crippen molar-refractivity contribution in [2.45, 2.75) is 18.3 Å². The first kappa shape index (κ1) is 8.57. The fourth-order valence-electron chi connectivity index (χ4n) is 0.965. The first-order valence-electron chi connectivity index (χ1n) is 3.74. The Morgan fingerprint density at radius 3 is 2.27 bits per heavy atom. The molecule has 1 rings (SSSR count). The van der Waals surface area contributed by atoms with Gasteiger partial charge in [-0.15, -0.1) is 11.6 Å². The van der Waals surface area contributed by atoms with E-state index in [9.17, 15) is 0 Å². The van der Waals surface area contributed by atoms with E-state index >= 15 is 0 Å². The van der Waals surface area contributed by atoms with Crippen LogP contribution in [0.15, 0.2) is 30.3 Å². The fraction of sp³-hybridized carbons (Fsp3) is 0.333. The predicted molar refractivity (Wildman–Crippen MR) is 47.4 cm³/mol. The predicted octanol–water partition coefficient (Wildman–Crippen LogP) is 1.60. The zero-order valence-electron chi connectivity index (χ0n) is 6.63. The van der Waals surface area contributed by atoms with Gasteiger partial charge in [0.2, 0.25) is 0 Å². The Bertz CT molecular complexity index is 208. The summed E-state index contributed by atoms with van der Waals surface area (Å²) in [6.45, 7) is 2.02. The number of hydrogen-bond donors (Lipinski definition) is 1. The van der Waals surface area contributed by atoms with Crippen LogP contribution in [-0.2, 0) is 0 Å². The number of halogens is 1. The minimum Gasteiger partial charge on any atom is -0.354 e. The summed E-state index contributed by atoms with van der Waals surface area (Å²) < 4.78 is 0. The van der Waals surface area contributed by atoms with Gasteiger partial charge in [-0.1, -0.05) is 30.3 Å². The molecule has 0 saturated carbocycles. The molecule has 0 radical (unpaired) electrons. The standard InChI is InChI=1S/C9H12ClN/c1-7(11)9(10)8-5-3-2-4-6-8/h2-7,9H,11H2,1H3/p+1/t7-,9+/m0/s1. The van der Waals surface area contributed by atoms with Crippen LogP contribution in [0.2, 0.25) is 0 Å². The van der Waals surface area contributed by atoms with Crippen molar-refractivity contribution in [1.82, 2.24) is 0 Å². The summed E-state index contributed by atoms with van der Waals surface area (Å²) in [5, 5.41) is 0.0381. The van der Waals surface area contributed by atoms with Crippen LogP contribution in [0.3, 0.4) is 0 Å². The van der Waals surface area contributed by atoms with E-state index in [0.717, 1.165) is 5.56 Å². The van der Waals surface area contributed by atoms with Crippen LogP contribution in [0, 0.1) is 0 Å². The van der Waals surface area contributed by atoms with Gasteiger partial charge in [0.05, 0.1) is 0 Å². The highest BCUT2D eigenvalue weighted by Gasteiger charge is 2.14. The Balaban J connectivity index is 2.77. The lowest BCUT2D eigenvalue weighted by Gasteiger charge is -2.09. The minimum atomic E-state index is 0.0381. The lowest BCUT2D eigenvalue weighted by atomic mass is 10.1. The summed E-state index contributed by atoms with van der Waals surface area (Å²) >= 11 is 6.08. The molecule has 11 heavy (non-hydrogen) atoms. The molecule has 0 bridgehead atoms. The second-order valence-electron chi connectivity index (χ2n) is 2.79. The average molecular weight is 171 g/mol. The molecular weight excluding hydrogens is 158 g/mol. The quantitative estimate of drug-likeness (QED) is 0.654. The van der Waals surface area contributed by atoms with Gasteiger partial charge in [-0.05, 0) is 12.5 Å². The smallest absolute Gasteiger partial charge is 0.110 e. The van der Waals surface area contributed by atoms with Crippen molar-refractivity contribution >= 4 is 11.6 Å². The van der Waals surface area contributed by atoms with Crippen molar-refractivity contribution in [2.24, 2.45) is 0 Å². The Morgan fingerprint density at radius 2 is 1.82 bits per heavy atom. The molecule has 0 aliphatic rings. The van der Waals surface area contributed by atoms with E-state index in [4.69, 9.17) is 11.6 Å². The largest absolute Gasteiger partial charge is 0.354 e. The summed E-state index contributed by atoms with van der Waals surface area (Å²) in [6, 6.07) is 10.3. The Hall–Kier alpha value is -0.530. The number of alkyl halides is 1. The van der Waals surface area contributed by atoms with Crippen LogP contribution in [0.5, 0.6) is 0 Å². The third-order valence-corrected chi connectivity index (χ3v) is 2.30. The van der Waals surface area contributed by atoms with Crippen LogP contribution >= 0.6 is 11.6 Å². The Kier molecular flexibility index (Phi) is 2.92. The first-order valence-corrected chi connectivity index (χ1v) is 4.17. The SMILES string of the molecule is C[C@H]([NH3+])[C@@H](Cl)c1ccccc1. The number of quaternary nitrogens is 1. The fourth-order valence-corrected chi connectivity index (χ4v) is 1.11. The van der Waals surface area contributed by atoms with E-state index in [2.05, 4.69) is 5.73 Å². The second kappa shape index (κ2) is 3.74. The highest BCUT2D eigenvalue weighted by molar-refractivity contribution is 6.21. The highest BCUT2D eigenvalue weighted by Crippen LogP contribution is 2.21. The zero-order chi connectivity index (χ0) is 8.27. The third kappa shape index (κ3) is 2.21. The monoisotopic (exact) mass is 170 g/mol. The molecule has 0 heterocycles. The van der Waals surface area contributed by atoms with Crippen molar-refractivity contribution in [1.29, 1.82) is 0 Å². The van der Waals surface area contributed by atoms with Crippen LogP contribution < -0.4 is 5.73 Å². The van der Waals surface area contributed by atoms with Gasteiger partial charge in [-0.3, -0.25) is 0 Å². The van der Waals surface area contributed by atoms with E-state index < -0.39 is 0 Å². The summed E-state index contributed by atoms with van der Waals surface area (Å²) in [5.74, 6) is 0. The van der Waals surface area contributed by atoms with Crippen LogP contribution in [0.1, 0.15) is 17.9 Å². The van der Waals surface area contributed by atoms with Gasteiger partial charge < -0.3 is 5.73 Å². The molecule has 60 valence electrons. The van der Waals surface area contributed by atoms with Crippen LogP contribution in [0.4, 0.5) is 0 Å². The van der Waals surface area contributed by atoms with Crippen LogP contribution in [0.25, 0.3) is 0 Å². The van der Waals surface area contributed by atoms with E-state index in [1.165, 1.54) is 0 Å². The lowest BCUT2D eigenvalue weighted by Crippen LogP contribution is -2.60. The maximum absolute atomic E-state index is 6.08. The van der Waals surface area contributed by atoms with Gasteiger partial charge in [-0.25, -0.2) is 0 Å². The Labute approximate surface area is 72.2 Å². The van der Waals surface area contributed by atoms with E-state index in [1.807, 2.05) is 37.3 Å². The van der Waals surface area contributed by atoms with Gasteiger partial charge in [0, 0.05) is 0 Å². The molecule has 2 atom stereocenters. The molecule has 1 nitrogen and oxygen atoms in total. The molecule has 0 fully saturated rings. The third-order valence-electron chi connectivity index (χ3n) is 1.62. The molecule has 0 spiro atoms. The van der Waals surface area contributed by atoms with Gasteiger partial charge >= 0.3 is 0 Å². The topological polar surface area (TPSA) is 27.6 Å². The van der Waals surface area contributed by atoms with E-state index in [0.29, 0.717) is 0 Å². The van der Waals surface area contributed by atoms with Gasteiger partial charge in [0.1, 0.15) is 11.4 Å². The molecule has 0 aliphatic heterocycles. The summed E-state index contributed by atoms with van der Waals surface area (Å²) in [4.78, 5) is 0. The van der Waals surface area contributed by atoms with Crippen molar-refractivity contribution in [3.05, 3.63) is 35.9 Å². The zero-order valence-corrected chi connectivity index (χ0v) is 7.38. The number of hydrogen-bond acceptors (Lipinski definition) is 0. The molecule has 1 aromatic rings. The normalized spacial score (nSPS) is 15.9. The van der Waals surface area contributed by atoms with E-state index in [-0.39, 0.29) is 11.4 Å². The molecule has 0 unspecified atom stereocenters. The van der Waals surface area contributed by atoms with Crippen molar-refractivity contribution in [3.63, 3.8) is 0 Å². The summed E-state index contributed by atoms with van der Waals surface area (Å²) in [5.41, 5.74) is 5.03. The van der Waals surface area contributed by atoms with Gasteiger partial charge in [0.25, 0.3) is 0 Å². The molecule has 2 heteroatoms. The highest BCUT2D eigenvalue weighted by atomic mass is 35.5. The Morgan fingerprint density at radius 1 is 1.27 bits per heavy atom. The van der Waals surface area contributed by atoms with Gasteiger partial charge in [-0.2, -0.15) is 0 Å². The van der Waals surface area contributed by atoms with E-state index in [1.54, 1.807) is 0 Å². The molecule has 0 amide bonds. The van der Waals surface area contributed by atoms with Crippen molar-refractivity contribution in [2.75, 3.05) is 0 Å². The molecule has 1 aromatic carbocycles. The molecule has 0 saturated heterocycles. The maximum atomic E-state index is 6.08. The van der Waals surface area contributed by atoms with Crippen molar-refractivity contribution < 1.29 is 5.73 Å². The molecular formula is C9H13ClN+. The first-order chi connectivity index (χ1) is 5.22. The minimum absolute atomic E-state index is 0.0381. The maximum Gasteiger partial charge on any atom is 0.110 e. The van der Waals surface area contributed by atoms with Gasteiger partial charge in [0.15, 0.2) is 0 Å². The number of benzene rings is 1. The summed E-state index contributed by atoms with van der Waals surface area (Å²) in [6.07, 6.45) is 0. The number of rotatable bonds is 2. The average Bonchev–Trinajstić information content (AvgIpc) is 2.05. The van der Waals surface area contributed by atoms with Crippen molar-refractivity contribution in [3.8, 4) is 0 Å². The van der Waals surface area contributed by atoms with Crippen LogP contribution in [-0.4, -0.2) is 6.04 Å². The summed E-state index contributed by atoms with van der Waals surface area (Å²) in [7, 11) is 0. The second-order valence-corrected chi connectivity index (χ2v) is 3.26.